The van der Waals surface area contributed by atoms with E-state index < -0.39 is 11.6 Å². The van der Waals surface area contributed by atoms with E-state index in [1.165, 1.54) is 12.1 Å². The number of furan rings is 1. The van der Waals surface area contributed by atoms with Crippen LogP contribution >= 0.6 is 0 Å². The fraction of sp³-hybridized carbons (Fsp3) is 0.0870. The van der Waals surface area contributed by atoms with Gasteiger partial charge in [-0.1, -0.05) is 36.4 Å². The summed E-state index contributed by atoms with van der Waals surface area (Å²) in [7, 11) is 0. The van der Waals surface area contributed by atoms with Gasteiger partial charge < -0.3 is 4.42 Å². The zero-order valence-electron chi connectivity index (χ0n) is 14.9. The van der Waals surface area contributed by atoms with Gasteiger partial charge in [-0.25, -0.2) is 4.39 Å². The molecule has 4 aromatic rings. The molecule has 0 aliphatic carbocycles. The van der Waals surface area contributed by atoms with Crippen LogP contribution in [0.2, 0.25) is 0 Å². The van der Waals surface area contributed by atoms with Crippen LogP contribution in [0.4, 0.5) is 4.39 Å². The highest BCUT2D eigenvalue weighted by Crippen LogP contribution is 2.17. The van der Waals surface area contributed by atoms with Gasteiger partial charge in [0.1, 0.15) is 23.0 Å². The Labute approximate surface area is 160 Å². The molecular formula is C23H16FNO3. The van der Waals surface area contributed by atoms with Crippen molar-refractivity contribution in [2.75, 3.05) is 0 Å². The average Bonchev–Trinajstić information content (AvgIpc) is 3.15. The number of Topliss-reactive ketones (excluding diaryl/α,β-unsaturated/α-hetero) is 2. The molecule has 4 nitrogen and oxygen atoms in total. The summed E-state index contributed by atoms with van der Waals surface area (Å²) in [5, 5.41) is 1.76. The summed E-state index contributed by atoms with van der Waals surface area (Å²) in [4.78, 5) is 28.9. The fourth-order valence-electron chi connectivity index (χ4n) is 3.00. The first kappa shape index (κ1) is 17.8. The van der Waals surface area contributed by atoms with Crippen LogP contribution in [0, 0.1) is 5.82 Å². The maximum absolute atomic E-state index is 13.0. The number of nitrogens with zero attached hydrogens (tertiary/aromatic N) is 1. The zero-order valence-corrected chi connectivity index (χ0v) is 14.9. The van der Waals surface area contributed by atoms with Crippen molar-refractivity contribution in [1.82, 2.24) is 4.98 Å². The fourth-order valence-corrected chi connectivity index (χ4v) is 3.00. The van der Waals surface area contributed by atoms with E-state index in [4.69, 9.17) is 4.42 Å². The van der Waals surface area contributed by atoms with Gasteiger partial charge in [-0.05, 0) is 41.3 Å². The SMILES string of the molecule is O=C(Cc1ccc(Cc2ccc(F)cc2)o1)C(=O)c1cc2ccccc2cn1. The summed E-state index contributed by atoms with van der Waals surface area (Å²) in [5.74, 6) is -0.454. The highest BCUT2D eigenvalue weighted by atomic mass is 19.1. The van der Waals surface area contributed by atoms with Crippen molar-refractivity contribution in [2.45, 2.75) is 12.8 Å². The molecule has 2 heterocycles. The molecule has 0 unspecified atom stereocenters. The van der Waals surface area contributed by atoms with Gasteiger partial charge in [0.05, 0.1) is 6.42 Å². The summed E-state index contributed by atoms with van der Waals surface area (Å²) < 4.78 is 18.6. The molecule has 138 valence electrons. The van der Waals surface area contributed by atoms with Gasteiger partial charge in [-0.3, -0.25) is 14.6 Å². The molecule has 28 heavy (non-hydrogen) atoms. The largest absolute Gasteiger partial charge is 0.465 e. The summed E-state index contributed by atoms with van der Waals surface area (Å²) in [6.45, 7) is 0. The Balaban J connectivity index is 1.44. The number of rotatable bonds is 6. The van der Waals surface area contributed by atoms with Crippen molar-refractivity contribution in [2.24, 2.45) is 0 Å². The number of benzene rings is 2. The third kappa shape index (κ3) is 3.88. The molecule has 0 aliphatic rings. The highest BCUT2D eigenvalue weighted by molar-refractivity contribution is 6.43. The minimum Gasteiger partial charge on any atom is -0.465 e. The maximum Gasteiger partial charge on any atom is 0.247 e. The van der Waals surface area contributed by atoms with E-state index in [1.54, 1.807) is 36.5 Å². The monoisotopic (exact) mass is 373 g/mol. The quantitative estimate of drug-likeness (QED) is 0.367. The number of fused-ring (bicyclic) bond motifs is 1. The minimum atomic E-state index is -0.637. The third-order valence-corrected chi connectivity index (χ3v) is 4.46. The second-order valence-electron chi connectivity index (χ2n) is 6.52. The molecule has 2 aromatic heterocycles. The number of hydrogen-bond acceptors (Lipinski definition) is 4. The third-order valence-electron chi connectivity index (χ3n) is 4.46. The number of ketones is 2. The summed E-state index contributed by atoms with van der Waals surface area (Å²) in [6.07, 6.45) is 1.94. The highest BCUT2D eigenvalue weighted by Gasteiger charge is 2.20. The number of halogens is 1. The normalized spacial score (nSPS) is 10.9. The average molecular weight is 373 g/mol. The second kappa shape index (κ2) is 7.56. The van der Waals surface area contributed by atoms with Crippen molar-refractivity contribution in [3.05, 3.63) is 102 Å². The van der Waals surface area contributed by atoms with E-state index in [1.807, 2.05) is 24.3 Å². The van der Waals surface area contributed by atoms with Crippen LogP contribution in [0.5, 0.6) is 0 Å². The van der Waals surface area contributed by atoms with Crippen LogP contribution in [0.15, 0.2) is 77.3 Å². The molecule has 0 atom stereocenters. The Bertz CT molecular complexity index is 1160. The number of pyridine rings is 1. The second-order valence-corrected chi connectivity index (χ2v) is 6.52. The van der Waals surface area contributed by atoms with Crippen molar-refractivity contribution in [3.63, 3.8) is 0 Å². The van der Waals surface area contributed by atoms with Crippen LogP contribution in [0.1, 0.15) is 27.6 Å². The van der Waals surface area contributed by atoms with Gasteiger partial charge in [-0.15, -0.1) is 0 Å². The molecule has 0 amide bonds. The van der Waals surface area contributed by atoms with Gasteiger partial charge in [0.25, 0.3) is 0 Å². The van der Waals surface area contributed by atoms with Crippen LogP contribution < -0.4 is 0 Å². The number of hydrogen-bond donors (Lipinski definition) is 0. The number of carbonyl (C=O) groups excluding carboxylic acids is 2. The summed E-state index contributed by atoms with van der Waals surface area (Å²) in [6, 6.07) is 18.7. The molecule has 0 N–H and O–H groups in total. The van der Waals surface area contributed by atoms with Gasteiger partial charge >= 0.3 is 0 Å². The van der Waals surface area contributed by atoms with Gasteiger partial charge in [-0.2, -0.15) is 0 Å². The van der Waals surface area contributed by atoms with E-state index in [2.05, 4.69) is 4.98 Å². The van der Waals surface area contributed by atoms with Gasteiger partial charge in [0.2, 0.25) is 11.6 Å². The Kier molecular flexibility index (Phi) is 4.81. The Morgan fingerprint density at radius 3 is 2.39 bits per heavy atom. The summed E-state index contributed by atoms with van der Waals surface area (Å²) >= 11 is 0. The van der Waals surface area contributed by atoms with Crippen molar-refractivity contribution >= 4 is 22.3 Å². The van der Waals surface area contributed by atoms with E-state index in [0.29, 0.717) is 17.9 Å². The molecule has 0 fully saturated rings. The van der Waals surface area contributed by atoms with Crippen LogP contribution in [0.3, 0.4) is 0 Å². The number of carbonyl (C=O) groups is 2. The molecule has 0 aliphatic heterocycles. The summed E-state index contributed by atoms with van der Waals surface area (Å²) in [5.41, 5.74) is 1.02. The first-order chi connectivity index (χ1) is 13.6. The van der Waals surface area contributed by atoms with E-state index in [9.17, 15) is 14.0 Å². The van der Waals surface area contributed by atoms with Crippen molar-refractivity contribution in [3.8, 4) is 0 Å². The molecule has 2 aromatic carbocycles. The lowest BCUT2D eigenvalue weighted by Gasteiger charge is -2.02. The predicted octanol–water partition coefficient (Wildman–Crippen LogP) is 4.55. The molecule has 0 radical (unpaired) electrons. The minimum absolute atomic E-state index is 0.127. The lowest BCUT2D eigenvalue weighted by molar-refractivity contribution is -0.114. The molecule has 0 bridgehead atoms. The van der Waals surface area contributed by atoms with Crippen LogP contribution in [-0.2, 0) is 17.6 Å². The molecule has 0 saturated heterocycles. The van der Waals surface area contributed by atoms with E-state index >= 15 is 0 Å². The standard InChI is InChI=1S/C23H16FNO3/c24-18-7-5-15(6-8-18)11-19-9-10-20(28-19)13-22(26)23(27)21-12-16-3-1-2-4-17(16)14-25-21/h1-10,12,14H,11,13H2. The Hall–Kier alpha value is -3.60. The molecule has 0 spiro atoms. The molecule has 4 rings (SSSR count). The van der Waals surface area contributed by atoms with E-state index in [0.717, 1.165) is 16.3 Å². The van der Waals surface area contributed by atoms with Gasteiger partial charge in [0, 0.05) is 18.0 Å². The maximum atomic E-state index is 13.0. The van der Waals surface area contributed by atoms with Gasteiger partial charge in [0.15, 0.2) is 0 Å². The lowest BCUT2D eigenvalue weighted by Crippen LogP contribution is -2.17. The molecular weight excluding hydrogens is 357 g/mol. The predicted molar refractivity (Wildman–Crippen MR) is 103 cm³/mol. The van der Waals surface area contributed by atoms with Crippen molar-refractivity contribution in [1.29, 1.82) is 0 Å². The molecule has 0 saturated carbocycles. The lowest BCUT2D eigenvalue weighted by atomic mass is 10.1. The first-order valence-electron chi connectivity index (χ1n) is 8.83. The first-order valence-corrected chi connectivity index (χ1v) is 8.83. The topological polar surface area (TPSA) is 60.2 Å². The van der Waals surface area contributed by atoms with Crippen molar-refractivity contribution < 1.29 is 18.4 Å². The number of aromatic nitrogens is 1. The van der Waals surface area contributed by atoms with Crippen LogP contribution in [-0.4, -0.2) is 16.6 Å². The van der Waals surface area contributed by atoms with Crippen LogP contribution in [0.25, 0.3) is 10.8 Å². The zero-order chi connectivity index (χ0) is 19.5. The Morgan fingerprint density at radius 2 is 1.61 bits per heavy atom. The molecule has 5 heteroatoms. The Morgan fingerprint density at radius 1 is 0.893 bits per heavy atom. The smallest absolute Gasteiger partial charge is 0.247 e. The van der Waals surface area contributed by atoms with E-state index in [-0.39, 0.29) is 17.9 Å².